The number of hydrogen-bond donors (Lipinski definition) is 3. The maximum Gasteiger partial charge on any atom is 0.470 e. The van der Waals surface area contributed by atoms with Crippen LogP contribution in [0.5, 0.6) is 0 Å². The summed E-state index contributed by atoms with van der Waals surface area (Å²) < 4.78 is 22.3. The third-order valence-corrected chi connectivity index (χ3v) is 6.90. The van der Waals surface area contributed by atoms with Crippen molar-refractivity contribution in [1.82, 2.24) is 0 Å². The van der Waals surface area contributed by atoms with Crippen LogP contribution in [0.3, 0.4) is 0 Å². The van der Waals surface area contributed by atoms with Crippen LogP contribution in [0.4, 0.5) is 0 Å². The summed E-state index contributed by atoms with van der Waals surface area (Å²) in [4.78, 5) is 31.5. The first-order valence-electron chi connectivity index (χ1n) is 13.3. The molecule has 0 spiro atoms. The number of esters is 1. The molecule has 1 aliphatic heterocycles. The number of allylic oxidation sites excluding steroid dienone is 10. The van der Waals surface area contributed by atoms with Crippen molar-refractivity contribution in [3.8, 4) is 0 Å². The van der Waals surface area contributed by atoms with Gasteiger partial charge in [0.2, 0.25) is 0 Å². The second-order valence-corrected chi connectivity index (χ2v) is 11.0. The lowest BCUT2D eigenvalue weighted by molar-refractivity contribution is -0.148. The van der Waals surface area contributed by atoms with Gasteiger partial charge in [-0.05, 0) is 51.5 Å². The Hall–Kier alpha value is -2.54. The van der Waals surface area contributed by atoms with E-state index in [0.29, 0.717) is 43.3 Å². The number of aliphatic hydroxyl groups excluding tert-OH is 1. The fourth-order valence-electron chi connectivity index (χ4n) is 3.87. The fourth-order valence-corrected chi connectivity index (χ4v) is 4.47. The largest absolute Gasteiger partial charge is 0.470 e. The maximum absolute atomic E-state index is 12.7. The summed E-state index contributed by atoms with van der Waals surface area (Å²) in [5.74, 6) is -0.719. The Labute approximate surface area is 233 Å². The lowest BCUT2D eigenvalue weighted by Gasteiger charge is -2.21. The van der Waals surface area contributed by atoms with Gasteiger partial charge in [0.15, 0.2) is 0 Å². The Morgan fingerprint density at radius 1 is 1.21 bits per heavy atom. The first-order chi connectivity index (χ1) is 18.4. The zero-order valence-corrected chi connectivity index (χ0v) is 24.3. The van der Waals surface area contributed by atoms with Gasteiger partial charge >= 0.3 is 13.8 Å². The SMILES string of the molecule is C=C/C=C(\C)CC[C@H]1C/C=C\C=C(\C)[C@H](OP(=O)(O)O)CCC\C=C/C=C\C=C/[C@H](O)[C@@H](C)C(=C)CC(=O)O1. The molecule has 1 rings (SSSR count). The maximum atomic E-state index is 12.7. The summed E-state index contributed by atoms with van der Waals surface area (Å²) in [6.07, 6.45) is 21.7. The Bertz CT molecular complexity index is 1030. The molecule has 0 radical (unpaired) electrons. The first kappa shape index (κ1) is 34.5. The van der Waals surface area contributed by atoms with Crippen LogP contribution in [0, 0.1) is 5.92 Å². The Balaban J connectivity index is 3.16. The van der Waals surface area contributed by atoms with Gasteiger partial charge in [0.25, 0.3) is 0 Å². The number of carbonyl (C=O) groups excluding carboxylic acids is 1. The summed E-state index contributed by atoms with van der Waals surface area (Å²) in [7, 11) is -4.66. The first-order valence-corrected chi connectivity index (χ1v) is 14.9. The number of aliphatic hydroxyl groups is 1. The van der Waals surface area contributed by atoms with E-state index in [0.717, 1.165) is 12.0 Å². The van der Waals surface area contributed by atoms with E-state index in [2.05, 4.69) is 13.2 Å². The van der Waals surface area contributed by atoms with E-state index in [-0.39, 0.29) is 18.4 Å². The van der Waals surface area contributed by atoms with Crippen LogP contribution in [0.1, 0.15) is 65.7 Å². The molecule has 39 heavy (non-hydrogen) atoms. The Morgan fingerprint density at radius 3 is 2.62 bits per heavy atom. The molecule has 8 heteroatoms. The van der Waals surface area contributed by atoms with Gasteiger partial charge in [-0.15, -0.1) is 0 Å². The molecular formula is C31H45O7P. The molecule has 216 valence electrons. The van der Waals surface area contributed by atoms with Crippen molar-refractivity contribution in [3.63, 3.8) is 0 Å². The van der Waals surface area contributed by atoms with Crippen molar-refractivity contribution < 1.29 is 33.5 Å². The highest BCUT2D eigenvalue weighted by Gasteiger charge is 2.23. The molecule has 0 aromatic carbocycles. The highest BCUT2D eigenvalue weighted by molar-refractivity contribution is 7.46. The molecule has 0 aromatic heterocycles. The molecule has 7 nitrogen and oxygen atoms in total. The summed E-state index contributed by atoms with van der Waals surface area (Å²) in [5.41, 5.74) is 2.40. The number of cyclic esters (lactones) is 1. The minimum absolute atomic E-state index is 0.00669. The summed E-state index contributed by atoms with van der Waals surface area (Å²) >= 11 is 0. The van der Waals surface area contributed by atoms with E-state index in [4.69, 9.17) is 9.26 Å². The van der Waals surface area contributed by atoms with Crippen molar-refractivity contribution in [2.45, 2.75) is 84.0 Å². The van der Waals surface area contributed by atoms with Crippen molar-refractivity contribution in [2.75, 3.05) is 0 Å². The van der Waals surface area contributed by atoms with Crippen molar-refractivity contribution in [2.24, 2.45) is 5.92 Å². The van der Waals surface area contributed by atoms with Gasteiger partial charge in [0.1, 0.15) is 6.10 Å². The second kappa shape index (κ2) is 18.7. The lowest BCUT2D eigenvalue weighted by atomic mass is 9.93. The smallest absolute Gasteiger partial charge is 0.462 e. The highest BCUT2D eigenvalue weighted by Crippen LogP contribution is 2.40. The van der Waals surface area contributed by atoms with Crippen LogP contribution in [-0.4, -0.2) is 39.2 Å². The van der Waals surface area contributed by atoms with Crippen LogP contribution >= 0.6 is 7.82 Å². The van der Waals surface area contributed by atoms with Crippen molar-refractivity contribution >= 4 is 13.8 Å². The average molecular weight is 561 g/mol. The molecule has 0 fully saturated rings. The van der Waals surface area contributed by atoms with Gasteiger partial charge in [0, 0.05) is 12.3 Å². The summed E-state index contributed by atoms with van der Waals surface area (Å²) in [6.45, 7) is 13.3. The van der Waals surface area contributed by atoms with Gasteiger partial charge in [-0.2, -0.15) is 0 Å². The number of ether oxygens (including phenoxy) is 1. The van der Waals surface area contributed by atoms with Crippen LogP contribution in [0.2, 0.25) is 0 Å². The second-order valence-electron chi connectivity index (χ2n) is 9.80. The van der Waals surface area contributed by atoms with Crippen LogP contribution < -0.4 is 0 Å². The van der Waals surface area contributed by atoms with Crippen molar-refractivity contribution in [3.05, 3.63) is 96.7 Å². The minimum atomic E-state index is -4.66. The van der Waals surface area contributed by atoms with E-state index in [1.165, 1.54) is 0 Å². The average Bonchev–Trinajstić information content (AvgIpc) is 2.85. The molecule has 0 aromatic rings. The fraction of sp³-hybridized carbons (Fsp3) is 0.452. The van der Waals surface area contributed by atoms with E-state index in [1.807, 2.05) is 44.2 Å². The minimum Gasteiger partial charge on any atom is -0.462 e. The predicted octanol–water partition coefficient (Wildman–Crippen LogP) is 6.98. The third-order valence-electron chi connectivity index (χ3n) is 6.37. The number of phosphoric acid groups is 1. The van der Waals surface area contributed by atoms with Gasteiger partial charge < -0.3 is 19.6 Å². The molecular weight excluding hydrogens is 515 g/mol. The Morgan fingerprint density at radius 2 is 1.92 bits per heavy atom. The molecule has 1 aliphatic rings. The van der Waals surface area contributed by atoms with E-state index in [9.17, 15) is 24.3 Å². The molecule has 0 amide bonds. The van der Waals surface area contributed by atoms with Crippen molar-refractivity contribution in [1.29, 1.82) is 0 Å². The van der Waals surface area contributed by atoms with Gasteiger partial charge in [-0.25, -0.2) is 4.57 Å². The number of hydrogen-bond acceptors (Lipinski definition) is 5. The standard InChI is InChI=1S/C31H45O7P/c1-6-16-24(2)21-22-28-18-15-14-17-25(3)30(38-39(34,35)36)20-13-11-9-7-8-10-12-19-29(32)27(5)26(4)23-31(33)37-28/h6-10,12,14-17,19,27-30,32H,1,4,11,13,18,20-23H2,2-3,5H3,(H2,34,35,36)/b9-7-,10-8-,15-14-,19-12-,24-16+,25-17-/t27-,28+,29-,30+/m0/s1. The van der Waals surface area contributed by atoms with E-state index >= 15 is 0 Å². The number of rotatable bonds is 6. The van der Waals surface area contributed by atoms with Gasteiger partial charge in [0.05, 0.1) is 18.6 Å². The predicted molar refractivity (Wildman–Crippen MR) is 158 cm³/mol. The topological polar surface area (TPSA) is 113 Å². The molecule has 0 unspecified atom stereocenters. The third kappa shape index (κ3) is 16.2. The quantitative estimate of drug-likeness (QED) is 0.139. The van der Waals surface area contributed by atoms with E-state index < -0.39 is 26.0 Å². The number of carbonyl (C=O) groups is 1. The molecule has 0 saturated heterocycles. The monoisotopic (exact) mass is 560 g/mol. The zero-order valence-electron chi connectivity index (χ0n) is 23.4. The lowest BCUT2D eigenvalue weighted by Crippen LogP contribution is -2.22. The highest BCUT2D eigenvalue weighted by atomic mass is 31.2. The van der Waals surface area contributed by atoms with Crippen LogP contribution in [-0.2, 0) is 18.6 Å². The molecule has 4 atom stereocenters. The normalized spacial score (nSPS) is 30.0. The molecule has 0 aliphatic carbocycles. The zero-order chi connectivity index (χ0) is 29.3. The van der Waals surface area contributed by atoms with Gasteiger partial charge in [-0.1, -0.05) is 98.1 Å². The molecule has 3 N–H and O–H groups in total. The summed E-state index contributed by atoms with van der Waals surface area (Å²) in [6, 6.07) is 0. The van der Waals surface area contributed by atoms with Crippen LogP contribution in [0.15, 0.2) is 96.7 Å². The van der Waals surface area contributed by atoms with Crippen LogP contribution in [0.25, 0.3) is 0 Å². The van der Waals surface area contributed by atoms with Gasteiger partial charge in [-0.3, -0.25) is 9.32 Å². The number of phosphoric ester groups is 1. The molecule has 0 saturated carbocycles. The van der Waals surface area contributed by atoms with E-state index in [1.54, 1.807) is 43.4 Å². The molecule has 1 heterocycles. The summed E-state index contributed by atoms with van der Waals surface area (Å²) in [5, 5.41) is 10.5. The Kier molecular flexibility index (Phi) is 16.5. The molecule has 0 bridgehead atoms.